The van der Waals surface area contributed by atoms with Crippen molar-refractivity contribution < 1.29 is 9.53 Å². The van der Waals surface area contributed by atoms with Crippen LogP contribution in [-0.4, -0.2) is 42.8 Å². The Labute approximate surface area is 147 Å². The zero-order chi connectivity index (χ0) is 16.8. The minimum absolute atomic E-state index is 0.136. The molecule has 2 aromatic rings. The fourth-order valence-corrected chi connectivity index (χ4v) is 4.77. The molecule has 128 valence electrons. The van der Waals surface area contributed by atoms with Gasteiger partial charge in [0.05, 0.1) is 6.04 Å². The van der Waals surface area contributed by atoms with Crippen LogP contribution in [0.4, 0.5) is 4.79 Å². The molecule has 2 unspecified atom stereocenters. The summed E-state index contributed by atoms with van der Waals surface area (Å²) in [5.41, 5.74) is 5.05. The maximum absolute atomic E-state index is 12.6. The van der Waals surface area contributed by atoms with E-state index in [1.54, 1.807) is 0 Å². The third-order valence-electron chi connectivity index (χ3n) is 5.96. The van der Waals surface area contributed by atoms with Gasteiger partial charge in [-0.1, -0.05) is 48.5 Å². The van der Waals surface area contributed by atoms with Gasteiger partial charge in [0.1, 0.15) is 6.61 Å². The van der Waals surface area contributed by atoms with Crippen LogP contribution in [0.3, 0.4) is 0 Å². The lowest BCUT2D eigenvalue weighted by Gasteiger charge is -2.24. The van der Waals surface area contributed by atoms with Crippen molar-refractivity contribution in [3.63, 3.8) is 0 Å². The number of benzene rings is 2. The highest BCUT2D eigenvalue weighted by Crippen LogP contribution is 2.44. The number of carbonyl (C=O) groups is 1. The topological polar surface area (TPSA) is 41.6 Å². The highest BCUT2D eigenvalue weighted by Gasteiger charge is 2.41. The number of hydrogen-bond donors (Lipinski definition) is 1. The Morgan fingerprint density at radius 2 is 1.72 bits per heavy atom. The molecule has 2 heterocycles. The molecule has 0 bridgehead atoms. The zero-order valence-electron chi connectivity index (χ0n) is 14.2. The lowest BCUT2D eigenvalue weighted by molar-refractivity contribution is 0.0957. The van der Waals surface area contributed by atoms with Crippen molar-refractivity contribution in [2.45, 2.75) is 30.8 Å². The zero-order valence-corrected chi connectivity index (χ0v) is 14.2. The minimum Gasteiger partial charge on any atom is -0.448 e. The number of ether oxygens (including phenoxy) is 1. The van der Waals surface area contributed by atoms with E-state index in [0.717, 1.165) is 25.9 Å². The van der Waals surface area contributed by atoms with Crippen LogP contribution in [0.5, 0.6) is 0 Å². The van der Waals surface area contributed by atoms with Crippen molar-refractivity contribution >= 4 is 6.09 Å². The second-order valence-corrected chi connectivity index (χ2v) is 7.20. The number of likely N-dealkylation sites (tertiary alicyclic amines) is 1. The van der Waals surface area contributed by atoms with E-state index < -0.39 is 0 Å². The summed E-state index contributed by atoms with van der Waals surface area (Å²) in [7, 11) is 0. The Hall–Kier alpha value is -2.33. The Morgan fingerprint density at radius 3 is 2.44 bits per heavy atom. The molecular weight excluding hydrogens is 312 g/mol. The first-order valence-electron chi connectivity index (χ1n) is 9.18. The number of carbonyl (C=O) groups excluding carboxylic acids is 1. The molecule has 2 aromatic carbocycles. The van der Waals surface area contributed by atoms with Gasteiger partial charge in [-0.3, -0.25) is 0 Å². The van der Waals surface area contributed by atoms with Gasteiger partial charge < -0.3 is 15.0 Å². The van der Waals surface area contributed by atoms with Crippen LogP contribution in [0.25, 0.3) is 11.1 Å². The van der Waals surface area contributed by atoms with Gasteiger partial charge in [-0.05, 0) is 41.6 Å². The maximum atomic E-state index is 12.6. The first kappa shape index (κ1) is 15.0. The molecule has 1 N–H and O–H groups in total. The highest BCUT2D eigenvalue weighted by molar-refractivity contribution is 5.79. The van der Waals surface area contributed by atoms with Gasteiger partial charge in [-0.15, -0.1) is 0 Å². The summed E-state index contributed by atoms with van der Waals surface area (Å²) < 4.78 is 5.79. The van der Waals surface area contributed by atoms with E-state index in [0.29, 0.717) is 18.7 Å². The molecule has 25 heavy (non-hydrogen) atoms. The molecule has 2 saturated heterocycles. The second-order valence-electron chi connectivity index (χ2n) is 7.20. The maximum Gasteiger partial charge on any atom is 0.410 e. The SMILES string of the molecule is O=C(OCC1c2ccccc2-c2ccccc21)N1CCC2NCCC21. The average Bonchev–Trinajstić information content (AvgIpc) is 3.33. The number of hydrogen-bond acceptors (Lipinski definition) is 3. The van der Waals surface area contributed by atoms with Gasteiger partial charge in [0.15, 0.2) is 0 Å². The molecule has 0 saturated carbocycles. The molecule has 4 heteroatoms. The Bertz CT molecular complexity index is 774. The van der Waals surface area contributed by atoms with Gasteiger partial charge in [-0.2, -0.15) is 0 Å². The van der Waals surface area contributed by atoms with Crippen LogP contribution in [-0.2, 0) is 4.74 Å². The molecule has 0 aromatic heterocycles. The summed E-state index contributed by atoms with van der Waals surface area (Å²) in [6, 6.07) is 17.7. The van der Waals surface area contributed by atoms with E-state index >= 15 is 0 Å². The number of fused-ring (bicyclic) bond motifs is 4. The summed E-state index contributed by atoms with van der Waals surface area (Å²) in [6.07, 6.45) is 1.92. The largest absolute Gasteiger partial charge is 0.448 e. The normalized spacial score (nSPS) is 24.1. The lowest BCUT2D eigenvalue weighted by atomic mass is 9.98. The van der Waals surface area contributed by atoms with Gasteiger partial charge in [-0.25, -0.2) is 4.79 Å². The molecule has 1 amide bonds. The molecule has 0 spiro atoms. The predicted octanol–water partition coefficient (Wildman–Crippen LogP) is 3.37. The molecule has 0 radical (unpaired) electrons. The molecule has 3 aliphatic rings. The fraction of sp³-hybridized carbons (Fsp3) is 0.381. The predicted molar refractivity (Wildman–Crippen MR) is 96.6 cm³/mol. The van der Waals surface area contributed by atoms with E-state index in [2.05, 4.69) is 53.8 Å². The summed E-state index contributed by atoms with van der Waals surface area (Å²) in [6.45, 7) is 2.22. The molecule has 1 aliphatic carbocycles. The molecule has 2 atom stereocenters. The third-order valence-corrected chi connectivity index (χ3v) is 5.96. The molecular formula is C21H22N2O2. The van der Waals surface area contributed by atoms with Crippen molar-refractivity contribution in [3.8, 4) is 11.1 Å². The van der Waals surface area contributed by atoms with Crippen LogP contribution >= 0.6 is 0 Å². The van der Waals surface area contributed by atoms with Crippen molar-refractivity contribution in [1.29, 1.82) is 0 Å². The Kier molecular flexibility index (Phi) is 3.52. The van der Waals surface area contributed by atoms with E-state index in [1.165, 1.54) is 22.3 Å². The van der Waals surface area contributed by atoms with Gasteiger partial charge in [0.25, 0.3) is 0 Å². The van der Waals surface area contributed by atoms with Gasteiger partial charge in [0, 0.05) is 18.5 Å². The second kappa shape index (κ2) is 5.88. The fourth-order valence-electron chi connectivity index (χ4n) is 4.77. The Morgan fingerprint density at radius 1 is 1.04 bits per heavy atom. The number of rotatable bonds is 2. The summed E-state index contributed by atoms with van der Waals surface area (Å²) in [5.74, 6) is 0.136. The van der Waals surface area contributed by atoms with Crippen molar-refractivity contribution in [3.05, 3.63) is 59.7 Å². The molecule has 4 nitrogen and oxygen atoms in total. The van der Waals surface area contributed by atoms with E-state index in [4.69, 9.17) is 4.74 Å². The lowest BCUT2D eigenvalue weighted by Crippen LogP contribution is -2.39. The first-order chi connectivity index (χ1) is 12.3. The van der Waals surface area contributed by atoms with Crippen LogP contribution in [0, 0.1) is 0 Å². The summed E-state index contributed by atoms with van der Waals surface area (Å²) in [4.78, 5) is 14.6. The third kappa shape index (κ3) is 2.35. The van der Waals surface area contributed by atoms with E-state index in [-0.39, 0.29) is 12.0 Å². The minimum atomic E-state index is -0.155. The van der Waals surface area contributed by atoms with Crippen molar-refractivity contribution in [1.82, 2.24) is 10.2 Å². The highest BCUT2D eigenvalue weighted by atomic mass is 16.6. The van der Waals surface area contributed by atoms with Gasteiger partial charge >= 0.3 is 6.09 Å². The van der Waals surface area contributed by atoms with E-state index in [9.17, 15) is 4.79 Å². The summed E-state index contributed by atoms with van der Waals surface area (Å²) >= 11 is 0. The van der Waals surface area contributed by atoms with Crippen LogP contribution in [0.15, 0.2) is 48.5 Å². The van der Waals surface area contributed by atoms with Crippen LogP contribution < -0.4 is 5.32 Å². The van der Waals surface area contributed by atoms with Crippen molar-refractivity contribution in [2.75, 3.05) is 19.7 Å². The van der Waals surface area contributed by atoms with Crippen molar-refractivity contribution in [2.24, 2.45) is 0 Å². The molecule has 5 rings (SSSR count). The number of nitrogens with zero attached hydrogens (tertiary/aromatic N) is 1. The monoisotopic (exact) mass is 334 g/mol. The van der Waals surface area contributed by atoms with Gasteiger partial charge in [0.2, 0.25) is 0 Å². The number of amides is 1. The quantitative estimate of drug-likeness (QED) is 0.915. The molecule has 2 fully saturated rings. The number of nitrogens with one attached hydrogen (secondary N) is 1. The van der Waals surface area contributed by atoms with E-state index in [1.807, 2.05) is 4.90 Å². The molecule has 2 aliphatic heterocycles. The average molecular weight is 334 g/mol. The van der Waals surface area contributed by atoms with Crippen LogP contribution in [0.2, 0.25) is 0 Å². The standard InChI is InChI=1S/C21H22N2O2/c24-21(23-12-10-19-20(23)9-11-22-19)25-13-18-16-7-3-1-5-14(16)15-6-2-4-8-17(15)18/h1-8,18-20,22H,9-13H2. The Balaban J connectivity index is 1.35. The first-order valence-corrected chi connectivity index (χ1v) is 9.18. The van der Waals surface area contributed by atoms with Crippen LogP contribution in [0.1, 0.15) is 29.9 Å². The summed E-state index contributed by atoms with van der Waals surface area (Å²) in [5, 5.41) is 3.48. The smallest absolute Gasteiger partial charge is 0.410 e.